The maximum Gasteiger partial charge on any atom is 0.0739 e. The molecule has 172 valence electrons. The van der Waals surface area contributed by atoms with Crippen molar-refractivity contribution >= 4 is 55.7 Å². The summed E-state index contributed by atoms with van der Waals surface area (Å²) in [7, 11) is 0. The maximum absolute atomic E-state index is 2.48. The van der Waals surface area contributed by atoms with Crippen molar-refractivity contribution in [3.05, 3.63) is 132 Å². The highest BCUT2D eigenvalue weighted by atomic mass is 15.3. The van der Waals surface area contributed by atoms with Crippen LogP contribution in [0.2, 0.25) is 0 Å². The van der Waals surface area contributed by atoms with Gasteiger partial charge in [-0.1, -0.05) is 84.9 Å². The summed E-state index contributed by atoms with van der Waals surface area (Å²) in [4.78, 5) is 4.92. The fourth-order valence-electron chi connectivity index (χ4n) is 5.70. The number of aryl methyl sites for hydroxylation is 2. The lowest BCUT2D eigenvalue weighted by atomic mass is 9.94. The molecular weight excluding hydrogens is 436 g/mol. The van der Waals surface area contributed by atoms with Crippen LogP contribution in [0.15, 0.2) is 121 Å². The quantitative estimate of drug-likeness (QED) is 0.252. The Labute approximate surface area is 211 Å². The van der Waals surface area contributed by atoms with Crippen LogP contribution in [0.4, 0.5) is 34.1 Å². The Morgan fingerprint density at radius 2 is 1.00 bits per heavy atom. The SMILES string of the molecule is Cc1ccccc1N1c2cc3ccccc3cc2N(c2ccccc2)c2cc3ccccc3c(C)c21. The average molecular weight is 463 g/mol. The van der Waals surface area contributed by atoms with Crippen molar-refractivity contribution in [3.63, 3.8) is 0 Å². The van der Waals surface area contributed by atoms with E-state index in [1.807, 2.05) is 0 Å². The molecule has 2 nitrogen and oxygen atoms in total. The summed E-state index contributed by atoms with van der Waals surface area (Å²) < 4.78 is 0. The molecule has 7 rings (SSSR count). The van der Waals surface area contributed by atoms with Gasteiger partial charge in [0.25, 0.3) is 0 Å². The summed E-state index contributed by atoms with van der Waals surface area (Å²) in [6.07, 6.45) is 0. The van der Waals surface area contributed by atoms with Gasteiger partial charge in [0.1, 0.15) is 0 Å². The molecule has 36 heavy (non-hydrogen) atoms. The van der Waals surface area contributed by atoms with Crippen molar-refractivity contribution in [2.24, 2.45) is 0 Å². The molecule has 0 aliphatic carbocycles. The monoisotopic (exact) mass is 462 g/mol. The molecule has 0 aromatic heterocycles. The van der Waals surface area contributed by atoms with Crippen molar-refractivity contribution in [2.75, 3.05) is 9.80 Å². The third kappa shape index (κ3) is 3.04. The third-order valence-electron chi connectivity index (χ3n) is 7.41. The van der Waals surface area contributed by atoms with Gasteiger partial charge in [-0.3, -0.25) is 0 Å². The molecule has 1 aliphatic rings. The van der Waals surface area contributed by atoms with E-state index in [2.05, 4.69) is 145 Å². The van der Waals surface area contributed by atoms with Crippen molar-refractivity contribution in [2.45, 2.75) is 13.8 Å². The van der Waals surface area contributed by atoms with Gasteiger partial charge in [0, 0.05) is 11.4 Å². The summed E-state index contributed by atoms with van der Waals surface area (Å²) in [5, 5.41) is 5.02. The molecule has 6 aromatic rings. The highest BCUT2D eigenvalue weighted by molar-refractivity contribution is 6.10. The smallest absolute Gasteiger partial charge is 0.0739 e. The molecule has 2 heteroatoms. The van der Waals surface area contributed by atoms with Crippen LogP contribution in [0, 0.1) is 13.8 Å². The molecule has 0 saturated heterocycles. The largest absolute Gasteiger partial charge is 0.306 e. The number of anilines is 6. The maximum atomic E-state index is 2.48. The van der Waals surface area contributed by atoms with Gasteiger partial charge in [-0.25, -0.2) is 0 Å². The van der Waals surface area contributed by atoms with Gasteiger partial charge >= 0.3 is 0 Å². The molecule has 0 saturated carbocycles. The zero-order valence-corrected chi connectivity index (χ0v) is 20.4. The Morgan fingerprint density at radius 1 is 0.444 bits per heavy atom. The van der Waals surface area contributed by atoms with E-state index in [0.29, 0.717) is 0 Å². The second-order valence-corrected chi connectivity index (χ2v) is 9.57. The van der Waals surface area contributed by atoms with Crippen molar-refractivity contribution in [1.29, 1.82) is 0 Å². The van der Waals surface area contributed by atoms with E-state index in [1.165, 1.54) is 61.1 Å². The van der Waals surface area contributed by atoms with Gasteiger partial charge in [-0.15, -0.1) is 0 Å². The number of fused-ring (bicyclic) bond motifs is 4. The van der Waals surface area contributed by atoms with Crippen LogP contribution in [-0.2, 0) is 0 Å². The van der Waals surface area contributed by atoms with Crippen molar-refractivity contribution in [1.82, 2.24) is 0 Å². The minimum atomic E-state index is 1.16. The van der Waals surface area contributed by atoms with E-state index in [-0.39, 0.29) is 0 Å². The molecule has 0 spiro atoms. The standard InChI is InChI=1S/C34H26N2/c1-23-12-6-11-19-30(23)36-32-21-26-14-8-7-13-25(26)20-31(32)35(28-16-4-3-5-17-28)33-22-27-15-9-10-18-29(27)24(2)34(33)36/h3-22H,1-2H3. The van der Waals surface area contributed by atoms with Gasteiger partial charge in [-0.2, -0.15) is 0 Å². The van der Waals surface area contributed by atoms with Crippen LogP contribution in [-0.4, -0.2) is 0 Å². The van der Waals surface area contributed by atoms with E-state index < -0.39 is 0 Å². The minimum absolute atomic E-state index is 1.16. The van der Waals surface area contributed by atoms with Crippen molar-refractivity contribution in [3.8, 4) is 0 Å². The highest BCUT2D eigenvalue weighted by Gasteiger charge is 2.33. The van der Waals surface area contributed by atoms with E-state index in [0.717, 1.165) is 5.69 Å². The van der Waals surface area contributed by atoms with Crippen LogP contribution in [0.25, 0.3) is 21.5 Å². The number of rotatable bonds is 2. The van der Waals surface area contributed by atoms with E-state index in [1.54, 1.807) is 0 Å². The summed E-state index contributed by atoms with van der Waals surface area (Å²) >= 11 is 0. The molecule has 1 aliphatic heterocycles. The zero-order valence-electron chi connectivity index (χ0n) is 20.4. The molecule has 0 unspecified atom stereocenters. The fraction of sp³-hybridized carbons (Fsp3) is 0.0588. The molecule has 6 aromatic carbocycles. The Hall–Kier alpha value is -4.56. The van der Waals surface area contributed by atoms with E-state index in [4.69, 9.17) is 0 Å². The van der Waals surface area contributed by atoms with Crippen molar-refractivity contribution < 1.29 is 0 Å². The predicted molar refractivity (Wildman–Crippen MR) is 154 cm³/mol. The molecule has 0 bridgehead atoms. The van der Waals surface area contributed by atoms with Crippen LogP contribution < -0.4 is 9.80 Å². The Morgan fingerprint density at radius 3 is 1.72 bits per heavy atom. The molecule has 0 atom stereocenters. The fourth-order valence-corrected chi connectivity index (χ4v) is 5.70. The predicted octanol–water partition coefficient (Wildman–Crippen LogP) is 9.86. The molecule has 0 N–H and O–H groups in total. The number of hydrogen-bond acceptors (Lipinski definition) is 2. The average Bonchev–Trinajstić information content (AvgIpc) is 2.92. The molecule has 0 amide bonds. The third-order valence-corrected chi connectivity index (χ3v) is 7.41. The summed E-state index contributed by atoms with van der Waals surface area (Å²) in [5.41, 5.74) is 9.71. The zero-order chi connectivity index (χ0) is 24.2. The van der Waals surface area contributed by atoms with Gasteiger partial charge < -0.3 is 9.80 Å². The number of nitrogens with zero attached hydrogens (tertiary/aromatic N) is 2. The molecule has 0 radical (unpaired) electrons. The van der Waals surface area contributed by atoms with Gasteiger partial charge in [0.05, 0.1) is 22.7 Å². The van der Waals surface area contributed by atoms with Crippen LogP contribution >= 0.6 is 0 Å². The first-order chi connectivity index (χ1) is 17.7. The molecule has 0 fully saturated rings. The lowest BCUT2D eigenvalue weighted by Crippen LogP contribution is -2.25. The first-order valence-electron chi connectivity index (χ1n) is 12.5. The Bertz CT molecular complexity index is 1770. The number of benzene rings is 6. The minimum Gasteiger partial charge on any atom is -0.306 e. The number of hydrogen-bond donors (Lipinski definition) is 0. The van der Waals surface area contributed by atoms with Crippen LogP contribution in [0.5, 0.6) is 0 Å². The second kappa shape index (κ2) is 8.00. The number of para-hydroxylation sites is 2. The Balaban J connectivity index is 1.66. The lowest BCUT2D eigenvalue weighted by Gasteiger charge is -2.42. The Kier molecular flexibility index (Phi) is 4.62. The van der Waals surface area contributed by atoms with Gasteiger partial charge in [0.15, 0.2) is 0 Å². The van der Waals surface area contributed by atoms with E-state index >= 15 is 0 Å². The first kappa shape index (κ1) is 20.8. The normalized spacial score (nSPS) is 12.6. The lowest BCUT2D eigenvalue weighted by molar-refractivity contribution is 1.15. The second-order valence-electron chi connectivity index (χ2n) is 9.57. The summed E-state index contributed by atoms with van der Waals surface area (Å²) in [6, 6.07) is 43.9. The van der Waals surface area contributed by atoms with Gasteiger partial charge in [-0.05, 0) is 82.9 Å². The molecule has 1 heterocycles. The first-order valence-corrected chi connectivity index (χ1v) is 12.5. The topological polar surface area (TPSA) is 6.48 Å². The highest BCUT2D eigenvalue weighted by Crippen LogP contribution is 2.57. The van der Waals surface area contributed by atoms with Gasteiger partial charge in [0.2, 0.25) is 0 Å². The molecular formula is C34H26N2. The van der Waals surface area contributed by atoms with E-state index in [9.17, 15) is 0 Å². The summed E-state index contributed by atoms with van der Waals surface area (Å²) in [5.74, 6) is 0. The van der Waals surface area contributed by atoms with Crippen LogP contribution in [0.3, 0.4) is 0 Å². The summed E-state index contributed by atoms with van der Waals surface area (Å²) in [6.45, 7) is 4.47. The van der Waals surface area contributed by atoms with Crippen LogP contribution in [0.1, 0.15) is 11.1 Å².